The van der Waals surface area contributed by atoms with Crippen molar-refractivity contribution in [1.29, 1.82) is 0 Å². The van der Waals surface area contributed by atoms with Gasteiger partial charge in [-0.2, -0.15) is 12.6 Å². The van der Waals surface area contributed by atoms with Crippen molar-refractivity contribution in [2.24, 2.45) is 5.90 Å². The molecule has 1 rings (SSSR count). The first-order chi connectivity index (χ1) is 4.93. The fourth-order valence-electron chi connectivity index (χ4n) is 0.583. The van der Waals surface area contributed by atoms with Crippen LogP contribution in [0.3, 0.4) is 0 Å². The zero-order chi connectivity index (χ0) is 7.82. The van der Waals surface area contributed by atoms with Crippen molar-refractivity contribution in [1.82, 2.24) is 0 Å². The van der Waals surface area contributed by atoms with E-state index in [4.69, 9.17) is 5.21 Å². The molecule has 0 aliphatic rings. The Balaban J connectivity index is 0.000000371. The third-order valence-corrected chi connectivity index (χ3v) is 1.39. The molecule has 0 fully saturated rings. The molecule has 2 nitrogen and oxygen atoms in total. The van der Waals surface area contributed by atoms with Crippen molar-refractivity contribution in [2.75, 3.05) is 0 Å². The molecule has 1 aromatic carbocycles. The lowest BCUT2D eigenvalue weighted by Gasteiger charge is -1.89. The molecule has 3 N–H and O–H groups in total. The Labute approximate surface area is 66.0 Å². The molecule has 0 saturated carbocycles. The third kappa shape index (κ3) is 3.50. The Morgan fingerprint density at radius 1 is 1.20 bits per heavy atom. The van der Waals surface area contributed by atoms with Crippen LogP contribution < -0.4 is 5.90 Å². The van der Waals surface area contributed by atoms with Crippen LogP contribution in [0.4, 0.5) is 0 Å². The predicted molar refractivity (Wildman–Crippen MR) is 45.1 cm³/mol. The number of benzene rings is 1. The molecular weight excluding hydrogens is 146 g/mol. The Bertz CT molecular complexity index is 155. The molecular formula is C7H11NOS. The number of thiol groups is 1. The maximum absolute atomic E-state index is 6.50. The summed E-state index contributed by atoms with van der Waals surface area (Å²) >= 11 is 4.11. The van der Waals surface area contributed by atoms with E-state index in [0.717, 1.165) is 5.75 Å². The number of nitrogens with two attached hydrogens (primary N) is 1. The smallest absolute Gasteiger partial charge is 0.0154 e. The van der Waals surface area contributed by atoms with Gasteiger partial charge in [-0.1, -0.05) is 30.3 Å². The largest absolute Gasteiger partial charge is 0.320 e. The normalized spacial score (nSPS) is 7.90. The van der Waals surface area contributed by atoms with E-state index in [1.165, 1.54) is 5.56 Å². The minimum absolute atomic E-state index is 0.834. The van der Waals surface area contributed by atoms with Gasteiger partial charge in [0, 0.05) is 5.75 Å². The average molecular weight is 157 g/mol. The topological polar surface area (TPSA) is 46.2 Å². The van der Waals surface area contributed by atoms with E-state index in [-0.39, 0.29) is 0 Å². The molecule has 0 bridgehead atoms. The second-order valence-corrected chi connectivity index (χ2v) is 1.96. The SMILES string of the molecule is NO.SCc1ccccc1. The highest BCUT2D eigenvalue weighted by Crippen LogP contribution is 2.00. The second-order valence-electron chi connectivity index (χ2n) is 1.64. The lowest BCUT2D eigenvalue weighted by Crippen LogP contribution is -1.72. The minimum Gasteiger partial charge on any atom is -0.320 e. The number of hydrogen-bond acceptors (Lipinski definition) is 3. The molecule has 0 spiro atoms. The van der Waals surface area contributed by atoms with E-state index in [2.05, 4.69) is 30.7 Å². The quantitative estimate of drug-likeness (QED) is 0.427. The highest BCUT2D eigenvalue weighted by atomic mass is 32.1. The molecule has 0 aliphatic carbocycles. The van der Waals surface area contributed by atoms with Crippen molar-refractivity contribution >= 4 is 12.6 Å². The first-order valence-electron chi connectivity index (χ1n) is 2.84. The summed E-state index contributed by atoms with van der Waals surface area (Å²) in [6.45, 7) is 0. The predicted octanol–water partition coefficient (Wildman–Crippen LogP) is 1.45. The fraction of sp³-hybridized carbons (Fsp3) is 0.143. The molecule has 3 heteroatoms. The van der Waals surface area contributed by atoms with Gasteiger partial charge < -0.3 is 5.21 Å². The van der Waals surface area contributed by atoms with E-state index in [1.807, 2.05) is 18.2 Å². The van der Waals surface area contributed by atoms with Gasteiger partial charge in [0.05, 0.1) is 0 Å². The molecule has 0 amide bonds. The molecule has 0 unspecified atom stereocenters. The summed E-state index contributed by atoms with van der Waals surface area (Å²) in [6, 6.07) is 10.2. The van der Waals surface area contributed by atoms with Gasteiger partial charge in [-0.15, -0.1) is 0 Å². The molecule has 0 heterocycles. The molecule has 1 aromatic rings. The van der Waals surface area contributed by atoms with Crippen molar-refractivity contribution in [2.45, 2.75) is 5.75 Å². The summed E-state index contributed by atoms with van der Waals surface area (Å²) in [4.78, 5) is 0. The minimum atomic E-state index is 0.834. The van der Waals surface area contributed by atoms with Crippen molar-refractivity contribution in [3.63, 3.8) is 0 Å². The Kier molecular flexibility index (Phi) is 6.27. The molecule has 0 radical (unpaired) electrons. The van der Waals surface area contributed by atoms with Gasteiger partial charge >= 0.3 is 0 Å². The van der Waals surface area contributed by atoms with Gasteiger partial charge in [0.25, 0.3) is 0 Å². The molecule has 0 aliphatic heterocycles. The van der Waals surface area contributed by atoms with Crippen molar-refractivity contribution in [3.05, 3.63) is 35.9 Å². The van der Waals surface area contributed by atoms with Gasteiger partial charge in [0.1, 0.15) is 0 Å². The van der Waals surface area contributed by atoms with E-state index < -0.39 is 0 Å². The average Bonchev–Trinajstić information content (AvgIpc) is 2.10. The Morgan fingerprint density at radius 2 is 1.70 bits per heavy atom. The molecule has 10 heavy (non-hydrogen) atoms. The van der Waals surface area contributed by atoms with Gasteiger partial charge in [0.15, 0.2) is 0 Å². The van der Waals surface area contributed by atoms with Crippen molar-refractivity contribution in [3.8, 4) is 0 Å². The zero-order valence-corrected chi connectivity index (χ0v) is 6.46. The maximum Gasteiger partial charge on any atom is 0.0154 e. The summed E-state index contributed by atoms with van der Waals surface area (Å²) in [5.41, 5.74) is 1.27. The van der Waals surface area contributed by atoms with Crippen LogP contribution in [0.15, 0.2) is 30.3 Å². The number of hydrogen-bond donors (Lipinski definition) is 3. The van der Waals surface area contributed by atoms with Crippen LogP contribution in [-0.2, 0) is 5.75 Å². The van der Waals surface area contributed by atoms with Crippen molar-refractivity contribution < 1.29 is 5.21 Å². The zero-order valence-electron chi connectivity index (χ0n) is 5.57. The standard InChI is InChI=1S/C7H8S.H3NO/c8-6-7-4-2-1-3-5-7;1-2/h1-5,8H,6H2;2H,1H2. The van der Waals surface area contributed by atoms with Gasteiger partial charge in [-0.05, 0) is 5.56 Å². The Hall–Kier alpha value is -0.510. The molecule has 0 aromatic heterocycles. The highest BCUT2D eigenvalue weighted by molar-refractivity contribution is 7.79. The van der Waals surface area contributed by atoms with E-state index in [9.17, 15) is 0 Å². The first kappa shape index (κ1) is 9.49. The van der Waals surface area contributed by atoms with Crippen LogP contribution >= 0.6 is 12.6 Å². The van der Waals surface area contributed by atoms with Gasteiger partial charge in [-0.25, -0.2) is 5.90 Å². The summed E-state index contributed by atoms with van der Waals surface area (Å²) < 4.78 is 0. The number of rotatable bonds is 1. The second kappa shape index (κ2) is 6.61. The summed E-state index contributed by atoms with van der Waals surface area (Å²) in [5, 5.41) is 6.50. The lowest BCUT2D eigenvalue weighted by molar-refractivity contribution is 0.311. The van der Waals surface area contributed by atoms with Gasteiger partial charge in [0.2, 0.25) is 0 Å². The van der Waals surface area contributed by atoms with E-state index in [0.29, 0.717) is 0 Å². The fourth-order valence-corrected chi connectivity index (χ4v) is 0.794. The lowest BCUT2D eigenvalue weighted by atomic mass is 10.2. The first-order valence-corrected chi connectivity index (χ1v) is 3.47. The van der Waals surface area contributed by atoms with Gasteiger partial charge in [-0.3, -0.25) is 0 Å². The third-order valence-electron chi connectivity index (χ3n) is 1.03. The Morgan fingerprint density at radius 3 is 2.00 bits per heavy atom. The van der Waals surface area contributed by atoms with Crippen LogP contribution in [-0.4, -0.2) is 5.21 Å². The van der Waals surface area contributed by atoms with E-state index >= 15 is 0 Å². The van der Waals surface area contributed by atoms with Crippen LogP contribution in [0.5, 0.6) is 0 Å². The maximum atomic E-state index is 6.50. The molecule has 0 atom stereocenters. The molecule has 56 valence electrons. The monoisotopic (exact) mass is 157 g/mol. The highest BCUT2D eigenvalue weighted by Gasteiger charge is 1.80. The van der Waals surface area contributed by atoms with Crippen LogP contribution in [0.2, 0.25) is 0 Å². The summed E-state index contributed by atoms with van der Waals surface area (Å²) in [6.07, 6.45) is 0. The van der Waals surface area contributed by atoms with Crippen LogP contribution in [0.25, 0.3) is 0 Å². The van der Waals surface area contributed by atoms with Crippen LogP contribution in [0, 0.1) is 0 Å². The summed E-state index contributed by atoms with van der Waals surface area (Å²) in [7, 11) is 0. The van der Waals surface area contributed by atoms with E-state index in [1.54, 1.807) is 0 Å². The van der Waals surface area contributed by atoms with Crippen LogP contribution in [0.1, 0.15) is 5.56 Å². The summed E-state index contributed by atoms with van der Waals surface area (Å²) in [5.74, 6) is 4.33. The molecule has 0 saturated heterocycles.